The van der Waals surface area contributed by atoms with Crippen molar-refractivity contribution in [2.24, 2.45) is 5.10 Å². The molecule has 3 aromatic rings. The number of thioether (sulfide) groups is 1. The second-order valence-corrected chi connectivity index (χ2v) is 7.20. The highest BCUT2D eigenvalue weighted by Gasteiger charge is 2.17. The van der Waals surface area contributed by atoms with Crippen molar-refractivity contribution in [1.29, 1.82) is 0 Å². The summed E-state index contributed by atoms with van der Waals surface area (Å²) >= 11 is 5.04. The van der Waals surface area contributed by atoms with E-state index in [-0.39, 0.29) is 0 Å². The van der Waals surface area contributed by atoms with Gasteiger partial charge in [-0.25, -0.2) is 0 Å². The maximum absolute atomic E-state index is 4.50. The number of hydrogen-bond donors (Lipinski definition) is 0. The molecule has 0 saturated carbocycles. The number of benzene rings is 2. The van der Waals surface area contributed by atoms with Crippen LogP contribution in [0.2, 0.25) is 0 Å². The van der Waals surface area contributed by atoms with E-state index in [4.69, 9.17) is 0 Å². The largest absolute Gasteiger partial charge is 0.216 e. The molecule has 118 valence electrons. The SMILES string of the molecule is Brc1ccc(C2=CC=Nn3c(Cc4ccccc4)nnc3S2)cc1. The minimum absolute atomic E-state index is 0.708. The van der Waals surface area contributed by atoms with E-state index in [1.54, 1.807) is 18.0 Å². The van der Waals surface area contributed by atoms with Crippen molar-refractivity contribution in [3.05, 3.63) is 82.1 Å². The molecular formula is C18H13BrN4S. The van der Waals surface area contributed by atoms with Gasteiger partial charge in [-0.1, -0.05) is 58.4 Å². The van der Waals surface area contributed by atoms with Crippen LogP contribution in [0.4, 0.5) is 0 Å². The molecule has 0 N–H and O–H groups in total. The van der Waals surface area contributed by atoms with Crippen LogP contribution in [0.1, 0.15) is 17.0 Å². The molecular weight excluding hydrogens is 384 g/mol. The lowest BCUT2D eigenvalue weighted by Gasteiger charge is -2.05. The third kappa shape index (κ3) is 3.20. The highest BCUT2D eigenvalue weighted by atomic mass is 79.9. The van der Waals surface area contributed by atoms with Crippen LogP contribution >= 0.6 is 27.7 Å². The number of halogens is 1. The quantitative estimate of drug-likeness (QED) is 0.648. The third-order valence-corrected chi connectivity index (χ3v) is 5.18. The lowest BCUT2D eigenvalue weighted by atomic mass is 10.1. The summed E-state index contributed by atoms with van der Waals surface area (Å²) in [5.74, 6) is 0.838. The molecule has 1 aliphatic rings. The monoisotopic (exact) mass is 396 g/mol. The fourth-order valence-electron chi connectivity index (χ4n) is 2.43. The molecule has 24 heavy (non-hydrogen) atoms. The first-order chi connectivity index (χ1) is 11.8. The fraction of sp³-hybridized carbons (Fsp3) is 0.0556. The van der Waals surface area contributed by atoms with Crippen LogP contribution in [0.3, 0.4) is 0 Å². The van der Waals surface area contributed by atoms with Crippen LogP contribution in [0.25, 0.3) is 4.91 Å². The molecule has 0 bridgehead atoms. The molecule has 0 fully saturated rings. The maximum atomic E-state index is 4.50. The molecule has 0 radical (unpaired) electrons. The normalized spacial score (nSPS) is 13.3. The molecule has 4 rings (SSSR count). The van der Waals surface area contributed by atoms with Crippen LogP contribution in [-0.4, -0.2) is 21.1 Å². The lowest BCUT2D eigenvalue weighted by molar-refractivity contribution is 0.731. The topological polar surface area (TPSA) is 43.1 Å². The van der Waals surface area contributed by atoms with Crippen molar-refractivity contribution in [3.63, 3.8) is 0 Å². The number of nitrogens with zero attached hydrogens (tertiary/aromatic N) is 4. The molecule has 0 aliphatic carbocycles. The zero-order chi connectivity index (χ0) is 16.4. The van der Waals surface area contributed by atoms with Crippen LogP contribution in [0.5, 0.6) is 0 Å². The highest BCUT2D eigenvalue weighted by molar-refractivity contribution is 9.10. The average molecular weight is 397 g/mol. The van der Waals surface area contributed by atoms with Gasteiger partial charge in [0, 0.05) is 22.0 Å². The summed E-state index contributed by atoms with van der Waals surface area (Å²) in [4.78, 5) is 1.10. The van der Waals surface area contributed by atoms with E-state index in [2.05, 4.69) is 55.5 Å². The van der Waals surface area contributed by atoms with Crippen LogP contribution in [-0.2, 0) is 6.42 Å². The van der Waals surface area contributed by atoms with Gasteiger partial charge in [-0.05, 0) is 41.1 Å². The zero-order valence-electron chi connectivity index (χ0n) is 12.6. The van der Waals surface area contributed by atoms with Crippen molar-refractivity contribution in [1.82, 2.24) is 14.9 Å². The molecule has 0 amide bonds. The Hall–Kier alpha value is -2.18. The predicted octanol–water partition coefficient (Wildman–Crippen LogP) is 4.61. The zero-order valence-corrected chi connectivity index (χ0v) is 15.0. The maximum Gasteiger partial charge on any atom is 0.216 e. The molecule has 1 aromatic heterocycles. The first kappa shape index (κ1) is 15.4. The minimum Gasteiger partial charge on any atom is -0.191 e. The second-order valence-electron chi connectivity index (χ2n) is 5.28. The molecule has 4 nitrogen and oxygen atoms in total. The van der Waals surface area contributed by atoms with Gasteiger partial charge in [0.05, 0.1) is 0 Å². The van der Waals surface area contributed by atoms with Gasteiger partial charge in [-0.15, -0.1) is 10.2 Å². The van der Waals surface area contributed by atoms with E-state index < -0.39 is 0 Å². The summed E-state index contributed by atoms with van der Waals surface area (Å²) in [7, 11) is 0. The Morgan fingerprint density at radius 1 is 0.958 bits per heavy atom. The molecule has 0 atom stereocenters. The first-order valence-electron chi connectivity index (χ1n) is 7.46. The third-order valence-electron chi connectivity index (χ3n) is 3.62. The Kier molecular flexibility index (Phi) is 4.32. The van der Waals surface area contributed by atoms with Crippen molar-refractivity contribution >= 4 is 38.8 Å². The molecule has 1 aliphatic heterocycles. The van der Waals surface area contributed by atoms with Gasteiger partial charge in [-0.2, -0.15) is 9.78 Å². The number of hydrogen-bond acceptors (Lipinski definition) is 4. The summed E-state index contributed by atoms with van der Waals surface area (Å²) in [6.45, 7) is 0. The van der Waals surface area contributed by atoms with Gasteiger partial charge in [0.2, 0.25) is 5.16 Å². The average Bonchev–Trinajstić information content (AvgIpc) is 2.85. The summed E-state index contributed by atoms with van der Waals surface area (Å²) in [5, 5.41) is 13.9. The summed E-state index contributed by atoms with van der Waals surface area (Å²) < 4.78 is 2.88. The predicted molar refractivity (Wildman–Crippen MR) is 101 cm³/mol. The Balaban J connectivity index is 1.62. The molecule has 2 heterocycles. The summed E-state index contributed by atoms with van der Waals surface area (Å²) in [5.41, 5.74) is 2.33. The number of allylic oxidation sites excluding steroid dienone is 1. The highest BCUT2D eigenvalue weighted by Crippen LogP contribution is 2.35. The fourth-order valence-corrected chi connectivity index (χ4v) is 3.60. The van der Waals surface area contributed by atoms with Crippen LogP contribution in [0, 0.1) is 0 Å². The van der Waals surface area contributed by atoms with Crippen molar-refractivity contribution < 1.29 is 0 Å². The van der Waals surface area contributed by atoms with Crippen LogP contribution < -0.4 is 0 Å². The van der Waals surface area contributed by atoms with Gasteiger partial charge < -0.3 is 0 Å². The Morgan fingerprint density at radius 3 is 2.54 bits per heavy atom. The second kappa shape index (κ2) is 6.75. The smallest absolute Gasteiger partial charge is 0.191 e. The van der Waals surface area contributed by atoms with E-state index in [1.165, 1.54) is 5.56 Å². The van der Waals surface area contributed by atoms with E-state index >= 15 is 0 Å². The Labute approximate surface area is 152 Å². The molecule has 2 aromatic carbocycles. The van der Waals surface area contributed by atoms with Gasteiger partial charge in [-0.3, -0.25) is 0 Å². The van der Waals surface area contributed by atoms with Gasteiger partial charge >= 0.3 is 0 Å². The van der Waals surface area contributed by atoms with Crippen molar-refractivity contribution in [3.8, 4) is 0 Å². The molecule has 6 heteroatoms. The van der Waals surface area contributed by atoms with Gasteiger partial charge in [0.25, 0.3) is 0 Å². The first-order valence-corrected chi connectivity index (χ1v) is 9.07. The summed E-state index contributed by atoms with van der Waals surface area (Å²) in [6, 6.07) is 18.5. The summed E-state index contributed by atoms with van der Waals surface area (Å²) in [6.07, 6.45) is 4.52. The van der Waals surface area contributed by atoms with E-state index in [9.17, 15) is 0 Å². The minimum atomic E-state index is 0.708. The Bertz CT molecular complexity index is 914. The van der Waals surface area contributed by atoms with Gasteiger partial charge in [0.1, 0.15) is 0 Å². The van der Waals surface area contributed by atoms with E-state index in [0.29, 0.717) is 6.42 Å². The number of aromatic nitrogens is 3. The van der Waals surface area contributed by atoms with Crippen molar-refractivity contribution in [2.45, 2.75) is 11.6 Å². The van der Waals surface area contributed by atoms with Gasteiger partial charge in [0.15, 0.2) is 5.82 Å². The van der Waals surface area contributed by atoms with Crippen LogP contribution in [0.15, 0.2) is 75.4 Å². The molecule has 0 saturated heterocycles. The standard InChI is InChI=1S/C18H13BrN4S/c19-15-8-6-14(7-9-15)16-10-11-20-23-17(21-22-18(23)24-16)12-13-4-2-1-3-5-13/h1-11H,12H2. The number of rotatable bonds is 3. The van der Waals surface area contributed by atoms with E-state index in [0.717, 1.165) is 25.9 Å². The van der Waals surface area contributed by atoms with E-state index in [1.807, 2.05) is 41.1 Å². The molecule has 0 unspecified atom stereocenters. The van der Waals surface area contributed by atoms with Crippen molar-refractivity contribution in [2.75, 3.05) is 0 Å². The number of fused-ring (bicyclic) bond motifs is 1. The Morgan fingerprint density at radius 2 is 1.75 bits per heavy atom. The lowest BCUT2D eigenvalue weighted by Crippen LogP contribution is -2.00. The molecule has 0 spiro atoms.